The van der Waals surface area contributed by atoms with Gasteiger partial charge in [-0.25, -0.2) is 4.79 Å². The summed E-state index contributed by atoms with van der Waals surface area (Å²) in [4.78, 5) is 34.4. The molecular formula is C10H8N2O3S. The minimum atomic E-state index is -0.917. The number of carbonyl (C=O) groups excluding carboxylic acids is 3. The van der Waals surface area contributed by atoms with E-state index in [0.29, 0.717) is 0 Å². The van der Waals surface area contributed by atoms with Crippen molar-refractivity contribution in [1.82, 2.24) is 10.6 Å². The number of amides is 4. The van der Waals surface area contributed by atoms with Gasteiger partial charge in [0.1, 0.15) is 0 Å². The lowest BCUT2D eigenvalue weighted by atomic mass is 10.3. The smallest absolute Gasteiger partial charge is 0.276 e. The van der Waals surface area contributed by atoms with Crippen LogP contribution in [0.25, 0.3) is 0 Å². The molecule has 6 heteroatoms. The van der Waals surface area contributed by atoms with Gasteiger partial charge in [0.2, 0.25) is 0 Å². The Kier molecular flexibility index (Phi) is 2.91. The van der Waals surface area contributed by atoms with E-state index in [1.807, 2.05) is 28.8 Å². The zero-order valence-electron chi connectivity index (χ0n) is 8.10. The van der Waals surface area contributed by atoms with E-state index in [1.165, 1.54) is 0 Å². The van der Waals surface area contributed by atoms with Crippen molar-refractivity contribution >= 4 is 29.6 Å². The van der Waals surface area contributed by atoms with Gasteiger partial charge < -0.3 is 0 Å². The summed E-state index contributed by atoms with van der Waals surface area (Å²) in [5.41, 5.74) is 0. The van der Waals surface area contributed by atoms with Gasteiger partial charge in [-0.05, 0) is 12.1 Å². The first-order valence-electron chi connectivity index (χ1n) is 4.54. The van der Waals surface area contributed by atoms with Gasteiger partial charge in [-0.3, -0.25) is 20.2 Å². The van der Waals surface area contributed by atoms with E-state index in [0.717, 1.165) is 16.7 Å². The normalized spacial score (nSPS) is 16.9. The Morgan fingerprint density at radius 2 is 1.50 bits per heavy atom. The maximum absolute atomic E-state index is 11.4. The highest BCUT2D eigenvalue weighted by Gasteiger charge is 2.34. The summed E-state index contributed by atoms with van der Waals surface area (Å²) in [6.07, 6.45) is 0. The van der Waals surface area contributed by atoms with Crippen LogP contribution >= 0.6 is 11.8 Å². The highest BCUT2D eigenvalue weighted by atomic mass is 32.2. The Balaban J connectivity index is 2.13. The Morgan fingerprint density at radius 3 is 2.06 bits per heavy atom. The van der Waals surface area contributed by atoms with E-state index in [2.05, 4.69) is 0 Å². The van der Waals surface area contributed by atoms with Crippen molar-refractivity contribution in [3.63, 3.8) is 0 Å². The predicted octanol–water partition coefficient (Wildman–Crippen LogP) is 0.513. The number of nitrogens with one attached hydrogen (secondary N) is 2. The van der Waals surface area contributed by atoms with E-state index < -0.39 is 23.1 Å². The molecule has 82 valence electrons. The second kappa shape index (κ2) is 4.36. The number of thioether (sulfide) groups is 1. The maximum atomic E-state index is 11.4. The summed E-state index contributed by atoms with van der Waals surface area (Å²) in [5.74, 6) is -1.16. The van der Waals surface area contributed by atoms with Crippen LogP contribution in [0, 0.1) is 0 Å². The first kappa shape index (κ1) is 10.7. The van der Waals surface area contributed by atoms with Crippen molar-refractivity contribution in [1.29, 1.82) is 0 Å². The first-order valence-corrected chi connectivity index (χ1v) is 5.42. The highest BCUT2D eigenvalue weighted by molar-refractivity contribution is 8.01. The Hall–Kier alpha value is -1.82. The third-order valence-corrected chi connectivity index (χ3v) is 3.16. The van der Waals surface area contributed by atoms with E-state index in [1.54, 1.807) is 12.1 Å². The first-order chi connectivity index (χ1) is 7.66. The number of hydrogen-bond acceptors (Lipinski definition) is 4. The lowest BCUT2D eigenvalue weighted by Crippen LogP contribution is -2.57. The molecule has 0 aliphatic carbocycles. The van der Waals surface area contributed by atoms with Gasteiger partial charge in [0.15, 0.2) is 5.25 Å². The summed E-state index contributed by atoms with van der Waals surface area (Å²) >= 11 is 1.11. The van der Waals surface area contributed by atoms with E-state index >= 15 is 0 Å². The molecule has 1 aromatic rings. The predicted molar refractivity (Wildman–Crippen MR) is 57.8 cm³/mol. The lowest BCUT2D eigenvalue weighted by Gasteiger charge is -2.19. The van der Waals surface area contributed by atoms with Crippen LogP contribution in [0.5, 0.6) is 0 Å². The topological polar surface area (TPSA) is 75.3 Å². The SMILES string of the molecule is O=C1NC(=O)C(Sc2ccccc2)C(=O)N1. The molecule has 1 saturated heterocycles. The third kappa shape index (κ3) is 2.22. The van der Waals surface area contributed by atoms with Crippen LogP contribution in [0.4, 0.5) is 4.79 Å². The fourth-order valence-corrected chi connectivity index (χ4v) is 2.17. The van der Waals surface area contributed by atoms with Crippen LogP contribution in [-0.2, 0) is 9.59 Å². The molecule has 16 heavy (non-hydrogen) atoms. The van der Waals surface area contributed by atoms with Crippen molar-refractivity contribution < 1.29 is 14.4 Å². The molecule has 2 rings (SSSR count). The third-order valence-electron chi connectivity index (χ3n) is 1.95. The van der Waals surface area contributed by atoms with Crippen molar-refractivity contribution in [2.24, 2.45) is 0 Å². The van der Waals surface area contributed by atoms with Gasteiger partial charge in [-0.15, -0.1) is 11.8 Å². The van der Waals surface area contributed by atoms with Gasteiger partial charge >= 0.3 is 6.03 Å². The minimum absolute atomic E-state index is 0.581. The number of carbonyl (C=O) groups is 3. The van der Waals surface area contributed by atoms with Crippen LogP contribution in [0.3, 0.4) is 0 Å². The van der Waals surface area contributed by atoms with E-state index in [-0.39, 0.29) is 0 Å². The highest BCUT2D eigenvalue weighted by Crippen LogP contribution is 2.24. The van der Waals surface area contributed by atoms with E-state index in [4.69, 9.17) is 0 Å². The van der Waals surface area contributed by atoms with Gasteiger partial charge in [0.05, 0.1) is 0 Å². The van der Waals surface area contributed by atoms with Crippen molar-refractivity contribution in [2.75, 3.05) is 0 Å². The van der Waals surface area contributed by atoms with Crippen LogP contribution < -0.4 is 10.6 Å². The molecule has 1 aliphatic heterocycles. The number of imide groups is 2. The summed E-state index contributed by atoms with van der Waals surface area (Å²) < 4.78 is 0. The Bertz CT molecular complexity index is 427. The number of rotatable bonds is 2. The average Bonchev–Trinajstić information content (AvgIpc) is 2.25. The fourth-order valence-electron chi connectivity index (χ4n) is 1.25. The molecule has 5 nitrogen and oxygen atoms in total. The minimum Gasteiger partial charge on any atom is -0.276 e. The zero-order chi connectivity index (χ0) is 11.5. The number of urea groups is 1. The molecule has 4 amide bonds. The largest absolute Gasteiger partial charge is 0.328 e. The lowest BCUT2D eigenvalue weighted by molar-refractivity contribution is -0.128. The molecule has 0 spiro atoms. The maximum Gasteiger partial charge on any atom is 0.328 e. The van der Waals surface area contributed by atoms with Gasteiger partial charge in [0, 0.05) is 4.90 Å². The van der Waals surface area contributed by atoms with Crippen LogP contribution in [0.15, 0.2) is 35.2 Å². The monoisotopic (exact) mass is 236 g/mol. The van der Waals surface area contributed by atoms with Crippen LogP contribution in [-0.4, -0.2) is 23.1 Å². The summed E-state index contributed by atoms with van der Waals surface area (Å²) in [6, 6.07) is 8.29. The quantitative estimate of drug-likeness (QED) is 0.734. The second-order valence-corrected chi connectivity index (χ2v) is 4.30. The molecule has 2 N–H and O–H groups in total. The Morgan fingerprint density at radius 1 is 0.938 bits per heavy atom. The molecule has 1 aliphatic rings. The molecule has 0 atom stereocenters. The number of benzene rings is 1. The van der Waals surface area contributed by atoms with Crippen molar-refractivity contribution in [2.45, 2.75) is 10.1 Å². The molecular weight excluding hydrogens is 228 g/mol. The summed E-state index contributed by atoms with van der Waals surface area (Å²) in [6.45, 7) is 0. The average molecular weight is 236 g/mol. The van der Waals surface area contributed by atoms with Gasteiger partial charge in [-0.2, -0.15) is 0 Å². The molecule has 0 bridgehead atoms. The van der Waals surface area contributed by atoms with Gasteiger partial charge in [0.25, 0.3) is 11.8 Å². The molecule has 0 unspecified atom stereocenters. The van der Waals surface area contributed by atoms with Crippen LogP contribution in [0.2, 0.25) is 0 Å². The molecule has 1 aromatic carbocycles. The number of barbiturate groups is 1. The summed E-state index contributed by atoms with van der Waals surface area (Å²) in [7, 11) is 0. The molecule has 0 saturated carbocycles. The second-order valence-electron chi connectivity index (χ2n) is 3.12. The molecule has 1 heterocycles. The zero-order valence-corrected chi connectivity index (χ0v) is 8.91. The standard InChI is InChI=1S/C10H8N2O3S/c13-8-7(9(14)12-10(15)11-8)16-6-4-2-1-3-5-6/h1-5,7H,(H2,11,12,13,14,15). The van der Waals surface area contributed by atoms with Gasteiger partial charge in [-0.1, -0.05) is 18.2 Å². The Labute approximate surface area is 95.6 Å². The van der Waals surface area contributed by atoms with Crippen molar-refractivity contribution in [3.8, 4) is 0 Å². The fraction of sp³-hybridized carbons (Fsp3) is 0.100. The molecule has 0 radical (unpaired) electrons. The van der Waals surface area contributed by atoms with Crippen LogP contribution in [0.1, 0.15) is 0 Å². The summed E-state index contributed by atoms with van der Waals surface area (Å²) in [5, 5.41) is 3.18. The number of hydrogen-bond donors (Lipinski definition) is 2. The van der Waals surface area contributed by atoms with E-state index in [9.17, 15) is 14.4 Å². The molecule has 1 fully saturated rings. The molecule has 0 aromatic heterocycles. The van der Waals surface area contributed by atoms with Crippen molar-refractivity contribution in [3.05, 3.63) is 30.3 Å².